The number of aryl methyl sites for hydroxylation is 1. The van der Waals surface area contributed by atoms with Gasteiger partial charge in [0.15, 0.2) is 0 Å². The monoisotopic (exact) mass is 443 g/mol. The normalized spacial score (nSPS) is 18.1. The summed E-state index contributed by atoms with van der Waals surface area (Å²) < 4.78 is 13.4. The highest BCUT2D eigenvalue weighted by atomic mass is 35.5. The van der Waals surface area contributed by atoms with Gasteiger partial charge in [-0.2, -0.15) is 0 Å². The van der Waals surface area contributed by atoms with Gasteiger partial charge < -0.3 is 10.2 Å². The average molecular weight is 444 g/mol. The fourth-order valence-corrected chi connectivity index (χ4v) is 4.09. The Hall–Kier alpha value is -3.26. The molecular weight excluding hydrogens is 425 g/mol. The van der Waals surface area contributed by atoms with Crippen molar-refractivity contribution in [3.8, 4) is 0 Å². The number of hydrogen-bond acceptors (Lipinski definition) is 4. The molecule has 31 heavy (non-hydrogen) atoms. The molecule has 2 aliphatic heterocycles. The minimum Gasteiger partial charge on any atom is -0.326 e. The number of carbonyl (C=O) groups excluding carboxylic acids is 4. The smallest absolute Gasteiger partial charge is 0.255 e. The number of halogens is 2. The number of rotatable bonds is 5. The molecular formula is C22H19ClFN3O4. The van der Waals surface area contributed by atoms with E-state index in [4.69, 9.17) is 11.6 Å². The van der Waals surface area contributed by atoms with Gasteiger partial charge in [-0.1, -0.05) is 23.7 Å². The van der Waals surface area contributed by atoms with Gasteiger partial charge in [-0.05, 0) is 48.2 Å². The van der Waals surface area contributed by atoms with E-state index in [-0.39, 0.29) is 41.3 Å². The summed E-state index contributed by atoms with van der Waals surface area (Å²) in [6.45, 7) is 0.307. The van der Waals surface area contributed by atoms with Gasteiger partial charge in [0, 0.05) is 35.7 Å². The molecule has 2 N–H and O–H groups in total. The number of imide groups is 1. The Morgan fingerprint density at radius 2 is 2.00 bits per heavy atom. The Morgan fingerprint density at radius 3 is 2.74 bits per heavy atom. The van der Waals surface area contributed by atoms with Crippen LogP contribution >= 0.6 is 11.6 Å². The van der Waals surface area contributed by atoms with Crippen LogP contribution in [-0.4, -0.2) is 34.6 Å². The minimum atomic E-state index is -0.662. The molecule has 1 fully saturated rings. The van der Waals surface area contributed by atoms with E-state index in [0.29, 0.717) is 24.9 Å². The molecule has 9 heteroatoms. The van der Waals surface area contributed by atoms with Crippen LogP contribution in [0.2, 0.25) is 5.02 Å². The lowest BCUT2D eigenvalue weighted by atomic mass is 10.0. The van der Waals surface area contributed by atoms with E-state index < -0.39 is 17.8 Å². The molecule has 0 aromatic heterocycles. The number of amides is 4. The summed E-state index contributed by atoms with van der Waals surface area (Å²) in [5, 5.41) is 5.07. The molecule has 2 aromatic rings. The van der Waals surface area contributed by atoms with Crippen LogP contribution in [0.25, 0.3) is 0 Å². The zero-order valence-corrected chi connectivity index (χ0v) is 17.2. The van der Waals surface area contributed by atoms with E-state index in [1.807, 2.05) is 12.1 Å². The van der Waals surface area contributed by atoms with Crippen molar-refractivity contribution in [1.29, 1.82) is 0 Å². The second-order valence-corrected chi connectivity index (χ2v) is 8.03. The molecule has 1 atom stereocenters. The van der Waals surface area contributed by atoms with E-state index in [1.165, 1.54) is 17.0 Å². The van der Waals surface area contributed by atoms with E-state index in [0.717, 1.165) is 17.2 Å². The van der Waals surface area contributed by atoms with Crippen molar-refractivity contribution in [3.05, 3.63) is 63.9 Å². The third kappa shape index (κ3) is 4.59. The quantitative estimate of drug-likeness (QED) is 0.694. The number of fused-ring (bicyclic) bond motifs is 1. The van der Waals surface area contributed by atoms with Crippen LogP contribution in [0.5, 0.6) is 0 Å². The summed E-state index contributed by atoms with van der Waals surface area (Å²) in [7, 11) is 0. The van der Waals surface area contributed by atoms with Crippen LogP contribution in [0.1, 0.15) is 40.7 Å². The lowest BCUT2D eigenvalue weighted by Gasteiger charge is -2.29. The SMILES string of the molecule is O=C1CCC(N2Cc3ccc(CCC(=O)Nc4cc(F)cc(Cl)c4)cc3C2=O)C(=O)N1. The summed E-state index contributed by atoms with van der Waals surface area (Å²) in [5.74, 6) is -1.89. The standard InChI is InChI=1S/C22H19ClFN3O4/c23-14-8-15(24)10-16(9-14)25-19(28)5-2-12-1-3-13-11-27(22(31)17(13)7-12)18-4-6-20(29)26-21(18)30/h1,3,7-10,18H,2,4-6,11H2,(H,25,28)(H,26,29,30). The maximum atomic E-state index is 13.4. The molecule has 4 amide bonds. The molecule has 2 aliphatic rings. The number of nitrogens with zero attached hydrogens (tertiary/aromatic N) is 1. The van der Waals surface area contributed by atoms with Crippen LogP contribution in [0, 0.1) is 5.82 Å². The van der Waals surface area contributed by atoms with E-state index in [9.17, 15) is 23.6 Å². The molecule has 0 aliphatic carbocycles. The maximum Gasteiger partial charge on any atom is 0.255 e. The Bertz CT molecular complexity index is 1080. The lowest BCUT2D eigenvalue weighted by Crippen LogP contribution is -2.52. The predicted octanol–water partition coefficient (Wildman–Crippen LogP) is 2.81. The zero-order valence-electron chi connectivity index (χ0n) is 16.4. The summed E-state index contributed by atoms with van der Waals surface area (Å²) in [6, 6.07) is 8.52. The number of benzene rings is 2. The summed E-state index contributed by atoms with van der Waals surface area (Å²) in [6.07, 6.45) is 1.03. The first kappa shape index (κ1) is 21.0. The molecule has 0 bridgehead atoms. The summed E-state index contributed by atoms with van der Waals surface area (Å²) in [4.78, 5) is 50.0. The zero-order chi connectivity index (χ0) is 22.1. The van der Waals surface area contributed by atoms with Crippen molar-refractivity contribution in [2.75, 3.05) is 5.32 Å². The van der Waals surface area contributed by atoms with E-state index >= 15 is 0 Å². The molecule has 1 unspecified atom stereocenters. The van der Waals surface area contributed by atoms with Gasteiger partial charge in [-0.3, -0.25) is 24.5 Å². The highest BCUT2D eigenvalue weighted by Gasteiger charge is 2.39. The Kier molecular flexibility index (Phi) is 5.73. The van der Waals surface area contributed by atoms with E-state index in [1.54, 1.807) is 6.07 Å². The highest BCUT2D eigenvalue weighted by Crippen LogP contribution is 2.28. The van der Waals surface area contributed by atoms with Crippen molar-refractivity contribution in [2.24, 2.45) is 0 Å². The first-order valence-corrected chi connectivity index (χ1v) is 10.2. The topological polar surface area (TPSA) is 95.6 Å². The molecule has 2 aromatic carbocycles. The lowest BCUT2D eigenvalue weighted by molar-refractivity contribution is -0.137. The average Bonchev–Trinajstić information content (AvgIpc) is 3.01. The molecule has 7 nitrogen and oxygen atoms in total. The molecule has 0 spiro atoms. The van der Waals surface area contributed by atoms with Crippen molar-refractivity contribution in [1.82, 2.24) is 10.2 Å². The van der Waals surface area contributed by atoms with Crippen molar-refractivity contribution < 1.29 is 23.6 Å². The molecule has 0 saturated carbocycles. The Balaban J connectivity index is 1.39. The fraction of sp³-hybridized carbons (Fsp3) is 0.273. The third-order valence-corrected chi connectivity index (χ3v) is 5.60. The maximum absolute atomic E-state index is 13.4. The fourth-order valence-electron chi connectivity index (χ4n) is 3.86. The van der Waals surface area contributed by atoms with Gasteiger partial charge in [-0.25, -0.2) is 4.39 Å². The molecule has 2 heterocycles. The Labute approximate surface area is 182 Å². The van der Waals surface area contributed by atoms with Crippen LogP contribution in [0.4, 0.5) is 10.1 Å². The molecule has 160 valence electrons. The highest BCUT2D eigenvalue weighted by molar-refractivity contribution is 6.30. The number of carbonyl (C=O) groups is 4. The van der Waals surface area contributed by atoms with Gasteiger partial charge >= 0.3 is 0 Å². The first-order valence-electron chi connectivity index (χ1n) is 9.82. The van der Waals surface area contributed by atoms with Crippen molar-refractivity contribution >= 4 is 40.9 Å². The second kappa shape index (κ2) is 8.47. The van der Waals surface area contributed by atoms with Gasteiger partial charge in [0.05, 0.1) is 0 Å². The Morgan fingerprint density at radius 1 is 1.19 bits per heavy atom. The largest absolute Gasteiger partial charge is 0.326 e. The summed E-state index contributed by atoms with van der Waals surface area (Å²) >= 11 is 5.79. The van der Waals surface area contributed by atoms with Crippen molar-refractivity contribution in [3.63, 3.8) is 0 Å². The second-order valence-electron chi connectivity index (χ2n) is 7.60. The third-order valence-electron chi connectivity index (χ3n) is 5.38. The van der Waals surface area contributed by atoms with E-state index in [2.05, 4.69) is 10.6 Å². The number of nitrogens with one attached hydrogen (secondary N) is 2. The van der Waals surface area contributed by atoms with Crippen LogP contribution in [0.15, 0.2) is 36.4 Å². The van der Waals surface area contributed by atoms with Gasteiger partial charge in [0.2, 0.25) is 17.7 Å². The number of hydrogen-bond donors (Lipinski definition) is 2. The van der Waals surface area contributed by atoms with Crippen molar-refractivity contribution in [2.45, 2.75) is 38.3 Å². The molecule has 1 saturated heterocycles. The summed E-state index contributed by atoms with van der Waals surface area (Å²) in [5.41, 5.74) is 2.38. The number of anilines is 1. The van der Waals surface area contributed by atoms with Crippen LogP contribution < -0.4 is 10.6 Å². The van der Waals surface area contributed by atoms with Gasteiger partial charge in [0.1, 0.15) is 11.9 Å². The van der Waals surface area contributed by atoms with Gasteiger partial charge in [0.25, 0.3) is 5.91 Å². The minimum absolute atomic E-state index is 0.137. The first-order chi connectivity index (χ1) is 14.8. The predicted molar refractivity (Wildman–Crippen MR) is 111 cm³/mol. The van der Waals surface area contributed by atoms with Gasteiger partial charge in [-0.15, -0.1) is 0 Å². The number of piperidine rings is 1. The molecule has 0 radical (unpaired) electrons. The van der Waals surface area contributed by atoms with Crippen LogP contribution in [-0.2, 0) is 27.3 Å². The van der Waals surface area contributed by atoms with Crippen LogP contribution in [0.3, 0.4) is 0 Å². The molecule has 4 rings (SSSR count).